The Bertz CT molecular complexity index is 625. The van der Waals surface area contributed by atoms with Gasteiger partial charge in [-0.3, -0.25) is 0 Å². The number of pyridine rings is 1. The van der Waals surface area contributed by atoms with Crippen LogP contribution in [-0.4, -0.2) is 22.3 Å². The Labute approximate surface area is 100 Å². The zero-order valence-electron chi connectivity index (χ0n) is 9.32. The van der Waals surface area contributed by atoms with E-state index in [1.54, 1.807) is 11.6 Å². The van der Waals surface area contributed by atoms with Crippen LogP contribution in [0.25, 0.3) is 11.0 Å². The maximum Gasteiger partial charge on any atom is 0.422 e. The molecular weight excluding hydrogens is 247 g/mol. The topological polar surface area (TPSA) is 50.8 Å². The maximum atomic E-state index is 12.1. The Morgan fingerprint density at radius 1 is 1.50 bits per heavy atom. The molecule has 0 aliphatic heterocycles. The molecule has 0 spiro atoms. The van der Waals surface area contributed by atoms with E-state index in [4.69, 9.17) is 10.00 Å². The standard InChI is InChI=1S/C11H8F3N3O/c1-17-5-7(4-15)9-8(2-3-16-10(9)17)18-6-11(12,13)14/h2-3,5H,6H2,1H3. The molecule has 0 amide bonds. The Morgan fingerprint density at radius 2 is 2.22 bits per heavy atom. The second-order valence-corrected chi connectivity index (χ2v) is 3.68. The van der Waals surface area contributed by atoms with Gasteiger partial charge in [0.25, 0.3) is 0 Å². The van der Waals surface area contributed by atoms with Crippen LogP contribution in [0.1, 0.15) is 5.56 Å². The molecule has 0 aromatic carbocycles. The molecule has 0 unspecified atom stereocenters. The number of hydrogen-bond acceptors (Lipinski definition) is 3. The molecule has 0 aliphatic carbocycles. The number of ether oxygens (including phenoxy) is 1. The number of aromatic nitrogens is 2. The fourth-order valence-electron chi connectivity index (χ4n) is 1.64. The second kappa shape index (κ2) is 4.22. The van der Waals surface area contributed by atoms with Gasteiger partial charge in [0.2, 0.25) is 0 Å². The number of fused-ring (bicyclic) bond motifs is 1. The van der Waals surface area contributed by atoms with Crippen molar-refractivity contribution in [2.24, 2.45) is 7.05 Å². The summed E-state index contributed by atoms with van der Waals surface area (Å²) in [5, 5.41) is 9.23. The lowest BCUT2D eigenvalue weighted by Gasteiger charge is -2.09. The number of aryl methyl sites for hydroxylation is 1. The smallest absolute Gasteiger partial charge is 0.422 e. The highest BCUT2D eigenvalue weighted by Gasteiger charge is 2.29. The summed E-state index contributed by atoms with van der Waals surface area (Å²) >= 11 is 0. The van der Waals surface area contributed by atoms with Crippen molar-refractivity contribution in [2.75, 3.05) is 6.61 Å². The maximum absolute atomic E-state index is 12.1. The van der Waals surface area contributed by atoms with Gasteiger partial charge in [-0.15, -0.1) is 0 Å². The van der Waals surface area contributed by atoms with Crippen molar-refractivity contribution in [3.63, 3.8) is 0 Å². The molecule has 0 fully saturated rings. The lowest BCUT2D eigenvalue weighted by atomic mass is 10.2. The van der Waals surface area contributed by atoms with Crippen LogP contribution in [-0.2, 0) is 7.05 Å². The van der Waals surface area contributed by atoms with Crippen molar-refractivity contribution >= 4 is 11.0 Å². The molecule has 0 radical (unpaired) electrons. The third kappa shape index (κ3) is 2.22. The van der Waals surface area contributed by atoms with Crippen LogP contribution in [0.2, 0.25) is 0 Å². The molecule has 2 rings (SSSR count). The SMILES string of the molecule is Cn1cc(C#N)c2c(OCC(F)(F)F)ccnc21. The number of nitrogens with zero attached hydrogens (tertiary/aromatic N) is 3. The summed E-state index contributed by atoms with van der Waals surface area (Å²) in [7, 11) is 1.66. The summed E-state index contributed by atoms with van der Waals surface area (Å²) in [6, 6.07) is 3.22. The average molecular weight is 255 g/mol. The fourth-order valence-corrected chi connectivity index (χ4v) is 1.64. The van der Waals surface area contributed by atoms with Crippen molar-refractivity contribution in [3.8, 4) is 11.8 Å². The first-order chi connectivity index (χ1) is 8.42. The molecule has 7 heteroatoms. The van der Waals surface area contributed by atoms with Crippen molar-refractivity contribution in [3.05, 3.63) is 24.0 Å². The highest BCUT2D eigenvalue weighted by molar-refractivity contribution is 5.89. The minimum atomic E-state index is -4.42. The van der Waals surface area contributed by atoms with Gasteiger partial charge in [-0.1, -0.05) is 0 Å². The largest absolute Gasteiger partial charge is 0.483 e. The summed E-state index contributed by atoms with van der Waals surface area (Å²) in [5.74, 6) is 0.00877. The Kier molecular flexibility index (Phi) is 2.87. The van der Waals surface area contributed by atoms with E-state index < -0.39 is 12.8 Å². The molecule has 2 aromatic rings. The first-order valence-corrected chi connectivity index (χ1v) is 4.96. The summed E-state index contributed by atoms with van der Waals surface area (Å²) in [4.78, 5) is 4.01. The Hall–Kier alpha value is -2.23. The van der Waals surface area contributed by atoms with Crippen LogP contribution in [0.5, 0.6) is 5.75 Å². The zero-order valence-corrected chi connectivity index (χ0v) is 9.32. The molecule has 0 saturated heterocycles. The molecule has 2 aromatic heterocycles. The van der Waals surface area contributed by atoms with Crippen LogP contribution in [0.3, 0.4) is 0 Å². The Morgan fingerprint density at radius 3 is 2.83 bits per heavy atom. The first kappa shape index (κ1) is 12.2. The molecule has 18 heavy (non-hydrogen) atoms. The van der Waals surface area contributed by atoms with Crippen LogP contribution >= 0.6 is 0 Å². The van der Waals surface area contributed by atoms with Gasteiger partial charge in [0, 0.05) is 19.4 Å². The minimum Gasteiger partial charge on any atom is -0.483 e. The van der Waals surface area contributed by atoms with E-state index in [-0.39, 0.29) is 11.3 Å². The molecule has 4 nitrogen and oxygen atoms in total. The molecular formula is C11H8F3N3O. The molecule has 94 valence electrons. The average Bonchev–Trinajstić information content (AvgIpc) is 2.63. The zero-order chi connectivity index (χ0) is 13.3. The molecule has 0 bridgehead atoms. The number of nitriles is 1. The normalized spacial score (nSPS) is 11.5. The van der Waals surface area contributed by atoms with E-state index in [1.165, 1.54) is 18.5 Å². The second-order valence-electron chi connectivity index (χ2n) is 3.68. The van der Waals surface area contributed by atoms with Gasteiger partial charge in [0.15, 0.2) is 6.61 Å². The van der Waals surface area contributed by atoms with E-state index in [0.29, 0.717) is 11.0 Å². The predicted octanol–water partition coefficient (Wildman–Crippen LogP) is 2.39. The predicted molar refractivity (Wildman–Crippen MR) is 57.0 cm³/mol. The quantitative estimate of drug-likeness (QED) is 0.827. The van der Waals surface area contributed by atoms with Crippen LogP contribution in [0.4, 0.5) is 13.2 Å². The van der Waals surface area contributed by atoms with Gasteiger partial charge in [-0.25, -0.2) is 4.98 Å². The Balaban J connectivity index is 2.48. The van der Waals surface area contributed by atoms with E-state index in [9.17, 15) is 13.2 Å². The van der Waals surface area contributed by atoms with Crippen molar-refractivity contribution in [2.45, 2.75) is 6.18 Å². The summed E-state index contributed by atoms with van der Waals surface area (Å²) in [6.07, 6.45) is -1.58. The summed E-state index contributed by atoms with van der Waals surface area (Å²) in [6.45, 7) is -1.40. The van der Waals surface area contributed by atoms with Gasteiger partial charge in [-0.05, 0) is 6.07 Å². The van der Waals surface area contributed by atoms with Crippen LogP contribution in [0.15, 0.2) is 18.5 Å². The highest BCUT2D eigenvalue weighted by atomic mass is 19.4. The van der Waals surface area contributed by atoms with E-state index in [1.807, 2.05) is 6.07 Å². The van der Waals surface area contributed by atoms with Crippen LogP contribution < -0.4 is 4.74 Å². The number of hydrogen-bond donors (Lipinski definition) is 0. The lowest BCUT2D eigenvalue weighted by Crippen LogP contribution is -2.19. The van der Waals surface area contributed by atoms with Crippen molar-refractivity contribution in [1.29, 1.82) is 5.26 Å². The van der Waals surface area contributed by atoms with Gasteiger partial charge >= 0.3 is 6.18 Å². The van der Waals surface area contributed by atoms with Gasteiger partial charge < -0.3 is 9.30 Å². The summed E-state index contributed by atoms with van der Waals surface area (Å²) in [5.41, 5.74) is 0.643. The van der Waals surface area contributed by atoms with Gasteiger partial charge in [0.1, 0.15) is 17.5 Å². The van der Waals surface area contributed by atoms with E-state index >= 15 is 0 Å². The van der Waals surface area contributed by atoms with Gasteiger partial charge in [0.05, 0.1) is 10.9 Å². The minimum absolute atomic E-state index is 0.00877. The molecule has 0 saturated carbocycles. The molecule has 0 atom stereocenters. The molecule has 0 N–H and O–H groups in total. The third-order valence-corrected chi connectivity index (χ3v) is 2.33. The first-order valence-electron chi connectivity index (χ1n) is 4.96. The third-order valence-electron chi connectivity index (χ3n) is 2.33. The monoisotopic (exact) mass is 255 g/mol. The lowest BCUT2D eigenvalue weighted by molar-refractivity contribution is -0.153. The molecule has 2 heterocycles. The number of halogens is 3. The number of alkyl halides is 3. The van der Waals surface area contributed by atoms with Crippen LogP contribution in [0, 0.1) is 11.3 Å². The summed E-state index contributed by atoms with van der Waals surface area (Å²) < 4.78 is 42.6. The van der Waals surface area contributed by atoms with Gasteiger partial charge in [-0.2, -0.15) is 18.4 Å². The highest BCUT2D eigenvalue weighted by Crippen LogP contribution is 2.29. The molecule has 0 aliphatic rings. The number of rotatable bonds is 2. The van der Waals surface area contributed by atoms with E-state index in [0.717, 1.165) is 0 Å². The van der Waals surface area contributed by atoms with Crippen molar-refractivity contribution in [1.82, 2.24) is 9.55 Å². The fraction of sp³-hybridized carbons (Fsp3) is 0.273. The van der Waals surface area contributed by atoms with E-state index in [2.05, 4.69) is 4.98 Å². The van der Waals surface area contributed by atoms with Crippen molar-refractivity contribution < 1.29 is 17.9 Å².